The SMILES string of the molecule is CC(=O)C[C@@H]1C(=O)N(C(C)c2ccc(Cl)cc2)CC[C@@]12C=Nc1ccccc12. The molecule has 1 saturated heterocycles. The molecule has 2 aromatic carbocycles. The van der Waals surface area contributed by atoms with Gasteiger partial charge < -0.3 is 9.69 Å². The molecule has 144 valence electrons. The van der Waals surface area contributed by atoms with Crippen LogP contribution < -0.4 is 0 Å². The number of para-hydroxylation sites is 1. The molecule has 1 spiro atoms. The molecule has 4 rings (SSSR count). The molecule has 0 aliphatic carbocycles. The summed E-state index contributed by atoms with van der Waals surface area (Å²) in [5.41, 5.74) is 2.52. The second kappa shape index (κ2) is 7.17. The Balaban J connectivity index is 1.70. The zero-order valence-corrected chi connectivity index (χ0v) is 16.8. The van der Waals surface area contributed by atoms with Gasteiger partial charge in [0, 0.05) is 29.6 Å². The van der Waals surface area contributed by atoms with Crippen LogP contribution in [0.5, 0.6) is 0 Å². The van der Waals surface area contributed by atoms with Gasteiger partial charge in [-0.2, -0.15) is 0 Å². The summed E-state index contributed by atoms with van der Waals surface area (Å²) < 4.78 is 0. The molecule has 0 aromatic heterocycles. The summed E-state index contributed by atoms with van der Waals surface area (Å²) in [5.74, 6) is -0.385. The fourth-order valence-corrected chi connectivity index (χ4v) is 4.71. The number of likely N-dealkylation sites (tertiary alicyclic amines) is 1. The molecule has 2 aliphatic rings. The summed E-state index contributed by atoms with van der Waals surface area (Å²) in [4.78, 5) is 32.1. The molecule has 2 aliphatic heterocycles. The van der Waals surface area contributed by atoms with Gasteiger partial charge in [-0.15, -0.1) is 0 Å². The molecule has 0 N–H and O–H groups in total. The Kier molecular flexibility index (Phi) is 4.84. The molecule has 5 heteroatoms. The summed E-state index contributed by atoms with van der Waals surface area (Å²) in [6.45, 7) is 4.21. The molecule has 0 saturated carbocycles. The molecular weight excluding hydrogens is 372 g/mol. The highest BCUT2D eigenvalue weighted by atomic mass is 35.5. The number of hydrogen-bond donors (Lipinski definition) is 0. The van der Waals surface area contributed by atoms with Crippen molar-refractivity contribution < 1.29 is 9.59 Å². The number of benzene rings is 2. The van der Waals surface area contributed by atoms with E-state index in [1.54, 1.807) is 6.92 Å². The second-order valence-electron chi connectivity index (χ2n) is 7.78. The lowest BCUT2D eigenvalue weighted by atomic mass is 9.65. The highest BCUT2D eigenvalue weighted by molar-refractivity contribution is 6.30. The molecular formula is C23H23ClN2O2. The topological polar surface area (TPSA) is 49.7 Å². The fourth-order valence-electron chi connectivity index (χ4n) is 4.58. The van der Waals surface area contributed by atoms with E-state index in [1.165, 1.54) is 0 Å². The standard InChI is InChI=1S/C23H23ClN2O2/c1-15(27)13-20-22(28)26(16(2)17-7-9-18(24)10-8-17)12-11-23(20)14-25-21-6-4-3-5-19(21)23/h3-10,14,16,20H,11-13H2,1-2H3/t16?,20-,23+/m1/s1. The van der Waals surface area contributed by atoms with Gasteiger partial charge in [0.15, 0.2) is 0 Å². The first-order valence-corrected chi connectivity index (χ1v) is 10.0. The minimum atomic E-state index is -0.491. The maximum atomic E-state index is 13.6. The lowest BCUT2D eigenvalue weighted by Gasteiger charge is -2.46. The predicted molar refractivity (Wildman–Crippen MR) is 111 cm³/mol. The van der Waals surface area contributed by atoms with Crippen molar-refractivity contribution in [3.05, 3.63) is 64.7 Å². The molecule has 2 aromatic rings. The van der Waals surface area contributed by atoms with Gasteiger partial charge in [-0.1, -0.05) is 41.9 Å². The van der Waals surface area contributed by atoms with E-state index in [0.717, 1.165) is 23.2 Å². The van der Waals surface area contributed by atoms with Crippen molar-refractivity contribution in [3.63, 3.8) is 0 Å². The van der Waals surface area contributed by atoms with Gasteiger partial charge in [0.1, 0.15) is 5.78 Å². The number of ketones is 1. The normalized spacial score (nSPS) is 24.5. The van der Waals surface area contributed by atoms with Crippen LogP contribution in [-0.2, 0) is 15.0 Å². The van der Waals surface area contributed by atoms with Crippen LogP contribution in [-0.4, -0.2) is 29.3 Å². The second-order valence-corrected chi connectivity index (χ2v) is 8.22. The van der Waals surface area contributed by atoms with Crippen molar-refractivity contribution in [3.8, 4) is 0 Å². The summed E-state index contributed by atoms with van der Waals surface area (Å²) in [6.07, 6.45) is 2.89. The van der Waals surface area contributed by atoms with E-state index in [-0.39, 0.29) is 24.2 Å². The average molecular weight is 395 g/mol. The van der Waals surface area contributed by atoms with Crippen molar-refractivity contribution in [2.45, 2.75) is 38.1 Å². The van der Waals surface area contributed by atoms with Crippen LogP contribution >= 0.6 is 11.6 Å². The largest absolute Gasteiger partial charge is 0.336 e. The number of nitrogens with zero attached hydrogens (tertiary/aromatic N) is 2. The van der Waals surface area contributed by atoms with E-state index in [2.05, 4.69) is 4.99 Å². The van der Waals surface area contributed by atoms with Gasteiger partial charge in [-0.25, -0.2) is 0 Å². The van der Waals surface area contributed by atoms with E-state index >= 15 is 0 Å². The zero-order chi connectivity index (χ0) is 19.9. The molecule has 1 unspecified atom stereocenters. The fraction of sp³-hybridized carbons (Fsp3) is 0.348. The first-order valence-electron chi connectivity index (χ1n) is 9.62. The molecule has 0 bridgehead atoms. The Labute approximate surface area is 170 Å². The monoisotopic (exact) mass is 394 g/mol. The van der Waals surface area contributed by atoms with E-state index in [0.29, 0.717) is 11.6 Å². The highest BCUT2D eigenvalue weighted by Gasteiger charge is 2.52. The van der Waals surface area contributed by atoms with Gasteiger partial charge >= 0.3 is 0 Å². The molecule has 3 atom stereocenters. The first-order chi connectivity index (χ1) is 13.4. The molecule has 0 radical (unpaired) electrons. The van der Waals surface area contributed by atoms with Gasteiger partial charge in [0.2, 0.25) is 5.91 Å². The van der Waals surface area contributed by atoms with Gasteiger partial charge in [0.05, 0.1) is 17.6 Å². The van der Waals surface area contributed by atoms with E-state index in [9.17, 15) is 9.59 Å². The zero-order valence-electron chi connectivity index (χ0n) is 16.1. The van der Waals surface area contributed by atoms with Crippen LogP contribution in [0.1, 0.15) is 43.9 Å². The minimum absolute atomic E-state index is 0.0204. The number of aliphatic imine (C=N–C) groups is 1. The number of carbonyl (C=O) groups excluding carboxylic acids is 2. The van der Waals surface area contributed by atoms with E-state index in [1.807, 2.05) is 66.6 Å². The third-order valence-corrected chi connectivity index (χ3v) is 6.37. The van der Waals surface area contributed by atoms with E-state index < -0.39 is 11.3 Å². The first kappa shape index (κ1) is 18.9. The molecule has 1 amide bonds. The number of rotatable bonds is 4. The number of piperidine rings is 1. The Morgan fingerprint density at radius 2 is 1.96 bits per heavy atom. The summed E-state index contributed by atoms with van der Waals surface area (Å²) in [6, 6.07) is 15.5. The third-order valence-electron chi connectivity index (χ3n) is 6.12. The Hall–Kier alpha value is -2.46. The quantitative estimate of drug-likeness (QED) is 0.741. The Morgan fingerprint density at radius 1 is 1.25 bits per heavy atom. The maximum Gasteiger partial charge on any atom is 0.227 e. The van der Waals surface area contributed by atoms with Crippen molar-refractivity contribution in [1.29, 1.82) is 0 Å². The summed E-state index contributed by atoms with van der Waals surface area (Å²) in [5, 5.41) is 0.674. The number of halogens is 1. The van der Waals surface area contributed by atoms with Crippen molar-refractivity contribution >= 4 is 35.2 Å². The third kappa shape index (κ3) is 3.06. The van der Waals surface area contributed by atoms with Crippen LogP contribution in [0, 0.1) is 5.92 Å². The predicted octanol–water partition coefficient (Wildman–Crippen LogP) is 4.88. The lowest BCUT2D eigenvalue weighted by Crippen LogP contribution is -2.54. The van der Waals surface area contributed by atoms with Crippen LogP contribution in [0.25, 0.3) is 0 Å². The Morgan fingerprint density at radius 3 is 2.68 bits per heavy atom. The van der Waals surface area contributed by atoms with Crippen molar-refractivity contribution in [1.82, 2.24) is 4.90 Å². The van der Waals surface area contributed by atoms with Crippen LogP contribution in [0.4, 0.5) is 5.69 Å². The minimum Gasteiger partial charge on any atom is -0.336 e. The average Bonchev–Trinajstić information content (AvgIpc) is 3.05. The molecule has 4 nitrogen and oxygen atoms in total. The van der Waals surface area contributed by atoms with E-state index in [4.69, 9.17) is 11.6 Å². The van der Waals surface area contributed by atoms with Gasteiger partial charge in [-0.05, 0) is 49.6 Å². The maximum absolute atomic E-state index is 13.6. The van der Waals surface area contributed by atoms with Crippen LogP contribution in [0.15, 0.2) is 53.5 Å². The number of fused-ring (bicyclic) bond motifs is 2. The smallest absolute Gasteiger partial charge is 0.227 e. The number of hydrogen-bond acceptors (Lipinski definition) is 3. The highest BCUT2D eigenvalue weighted by Crippen LogP contribution is 2.49. The van der Waals surface area contributed by atoms with Gasteiger partial charge in [-0.3, -0.25) is 9.79 Å². The number of carbonyl (C=O) groups is 2. The van der Waals surface area contributed by atoms with Crippen molar-refractivity contribution in [2.75, 3.05) is 6.54 Å². The summed E-state index contributed by atoms with van der Waals surface area (Å²) in [7, 11) is 0. The number of Topliss-reactive ketones (excluding diaryl/α,β-unsaturated/α-hetero) is 1. The number of amides is 1. The summed E-state index contributed by atoms with van der Waals surface area (Å²) >= 11 is 6.01. The molecule has 28 heavy (non-hydrogen) atoms. The van der Waals surface area contributed by atoms with Crippen molar-refractivity contribution in [2.24, 2.45) is 10.9 Å². The van der Waals surface area contributed by atoms with Gasteiger partial charge in [0.25, 0.3) is 0 Å². The Bertz CT molecular complexity index is 953. The molecule has 1 fully saturated rings. The van der Waals surface area contributed by atoms with Crippen LogP contribution in [0.3, 0.4) is 0 Å². The lowest BCUT2D eigenvalue weighted by molar-refractivity contribution is -0.145. The molecule has 2 heterocycles. The van der Waals surface area contributed by atoms with Crippen LogP contribution in [0.2, 0.25) is 5.02 Å².